The van der Waals surface area contributed by atoms with Gasteiger partial charge in [-0.1, -0.05) is 5.57 Å². The van der Waals surface area contributed by atoms with E-state index in [0.29, 0.717) is 12.1 Å². The molecule has 2 rings (SSSR count). The quantitative estimate of drug-likeness (QED) is 0.743. The number of rotatable bonds is 1. The minimum Gasteiger partial charge on any atom is -0.319 e. The number of hydrogen-bond donors (Lipinski definition) is 1. The maximum atomic E-state index is 12.1. The lowest BCUT2D eigenvalue weighted by Gasteiger charge is -2.38. The van der Waals surface area contributed by atoms with Crippen LogP contribution in [0.15, 0.2) is 11.8 Å². The Bertz CT molecular complexity index is 293. The summed E-state index contributed by atoms with van der Waals surface area (Å²) in [5.41, 5.74) is 1.40. The average Bonchev–Trinajstić information content (AvgIpc) is 2.79. The zero-order valence-electron chi connectivity index (χ0n) is 11.0. The first-order chi connectivity index (χ1) is 8.18. The molecule has 1 heterocycles. The van der Waals surface area contributed by atoms with Crippen molar-refractivity contribution in [2.75, 3.05) is 0 Å². The minimum atomic E-state index is 0.0871. The van der Waals surface area contributed by atoms with Crippen molar-refractivity contribution >= 4 is 6.03 Å². The average molecular weight is 236 g/mol. The van der Waals surface area contributed by atoms with Crippen LogP contribution in [0.5, 0.6) is 0 Å². The van der Waals surface area contributed by atoms with Gasteiger partial charge in [-0.05, 0) is 58.8 Å². The van der Waals surface area contributed by atoms with Gasteiger partial charge in [0.1, 0.15) is 0 Å². The molecule has 17 heavy (non-hydrogen) atoms. The van der Waals surface area contributed by atoms with Crippen molar-refractivity contribution in [3.8, 4) is 0 Å². The van der Waals surface area contributed by atoms with E-state index in [1.807, 2.05) is 11.1 Å². The summed E-state index contributed by atoms with van der Waals surface area (Å²) in [5, 5.41) is 2.98. The molecule has 1 aliphatic heterocycles. The van der Waals surface area contributed by atoms with Crippen LogP contribution >= 0.6 is 0 Å². The summed E-state index contributed by atoms with van der Waals surface area (Å²) in [5.74, 6) is 0. The van der Waals surface area contributed by atoms with Gasteiger partial charge >= 0.3 is 6.03 Å². The maximum absolute atomic E-state index is 12.1. The smallest absolute Gasteiger partial charge is 0.319 e. The van der Waals surface area contributed by atoms with Crippen molar-refractivity contribution in [1.82, 2.24) is 10.2 Å². The predicted octanol–water partition coefficient (Wildman–Crippen LogP) is 3.42. The van der Waals surface area contributed by atoms with Gasteiger partial charge in [-0.25, -0.2) is 4.79 Å². The first-order valence-electron chi connectivity index (χ1n) is 6.95. The third-order valence-electron chi connectivity index (χ3n) is 4.07. The number of carbonyl (C=O) groups is 1. The van der Waals surface area contributed by atoms with Crippen molar-refractivity contribution in [2.45, 2.75) is 70.9 Å². The molecule has 0 aromatic carbocycles. The molecular weight excluding hydrogens is 212 g/mol. The summed E-state index contributed by atoms with van der Waals surface area (Å²) < 4.78 is 0. The first kappa shape index (κ1) is 12.5. The van der Waals surface area contributed by atoms with E-state index in [4.69, 9.17) is 0 Å². The summed E-state index contributed by atoms with van der Waals surface area (Å²) >= 11 is 0. The SMILES string of the molecule is CC1CCCC(C)N1C(=O)NC=C1CCCC1. The lowest BCUT2D eigenvalue weighted by atomic mass is 9.98. The summed E-state index contributed by atoms with van der Waals surface area (Å²) in [6.07, 6.45) is 10.3. The van der Waals surface area contributed by atoms with E-state index < -0.39 is 0 Å². The molecular formula is C14H24N2O. The molecule has 2 atom stereocenters. The van der Waals surface area contributed by atoms with Gasteiger partial charge in [-0.2, -0.15) is 0 Å². The molecule has 3 heteroatoms. The lowest BCUT2D eigenvalue weighted by molar-refractivity contribution is 0.125. The second kappa shape index (κ2) is 5.56. The molecule has 96 valence electrons. The predicted molar refractivity (Wildman–Crippen MR) is 69.7 cm³/mol. The highest BCUT2D eigenvalue weighted by Crippen LogP contribution is 2.24. The standard InChI is InChI=1S/C14H24N2O/c1-11-6-5-7-12(2)16(11)14(17)15-10-13-8-3-4-9-13/h10-12H,3-9H2,1-2H3,(H,15,17). The van der Waals surface area contributed by atoms with Crippen LogP contribution in [0, 0.1) is 0 Å². The van der Waals surface area contributed by atoms with Gasteiger partial charge in [-0.15, -0.1) is 0 Å². The number of amides is 2. The summed E-state index contributed by atoms with van der Waals surface area (Å²) in [6.45, 7) is 4.30. The number of nitrogens with zero attached hydrogens (tertiary/aromatic N) is 1. The molecule has 2 amide bonds. The van der Waals surface area contributed by atoms with Gasteiger partial charge in [-0.3, -0.25) is 0 Å². The van der Waals surface area contributed by atoms with Crippen molar-refractivity contribution in [1.29, 1.82) is 0 Å². The Hall–Kier alpha value is -0.990. The Labute approximate surface area is 104 Å². The number of likely N-dealkylation sites (tertiary alicyclic amines) is 1. The molecule has 1 N–H and O–H groups in total. The largest absolute Gasteiger partial charge is 0.321 e. The molecule has 0 spiro atoms. The number of allylic oxidation sites excluding steroid dienone is 1. The number of carbonyl (C=O) groups excluding carboxylic acids is 1. The third kappa shape index (κ3) is 3.02. The molecule has 1 saturated heterocycles. The van der Waals surface area contributed by atoms with Crippen LogP contribution in [0.25, 0.3) is 0 Å². The maximum Gasteiger partial charge on any atom is 0.321 e. The van der Waals surface area contributed by atoms with Gasteiger partial charge in [0.2, 0.25) is 0 Å². The number of piperidine rings is 1. The fourth-order valence-electron chi connectivity index (χ4n) is 3.03. The van der Waals surface area contributed by atoms with Crippen molar-refractivity contribution < 1.29 is 4.79 Å². The van der Waals surface area contributed by atoms with Crippen molar-refractivity contribution in [3.05, 3.63) is 11.8 Å². The molecule has 1 saturated carbocycles. The highest BCUT2D eigenvalue weighted by atomic mass is 16.2. The molecule has 2 aliphatic rings. The Kier molecular flexibility index (Phi) is 4.08. The summed E-state index contributed by atoms with van der Waals surface area (Å²) in [4.78, 5) is 14.2. The van der Waals surface area contributed by atoms with Gasteiger partial charge < -0.3 is 10.2 Å². The monoisotopic (exact) mass is 236 g/mol. The van der Waals surface area contributed by atoms with Gasteiger partial charge in [0.05, 0.1) is 0 Å². The van der Waals surface area contributed by atoms with Crippen LogP contribution < -0.4 is 5.32 Å². The molecule has 2 unspecified atom stereocenters. The Morgan fingerprint density at radius 2 is 1.76 bits per heavy atom. The highest BCUT2D eigenvalue weighted by Gasteiger charge is 2.28. The zero-order valence-corrected chi connectivity index (χ0v) is 11.0. The Balaban J connectivity index is 1.91. The van der Waals surface area contributed by atoms with E-state index >= 15 is 0 Å². The van der Waals surface area contributed by atoms with E-state index in [0.717, 1.165) is 25.7 Å². The van der Waals surface area contributed by atoms with Gasteiger partial charge in [0.15, 0.2) is 0 Å². The van der Waals surface area contributed by atoms with E-state index in [1.54, 1.807) is 0 Å². The molecule has 3 nitrogen and oxygen atoms in total. The molecule has 0 bridgehead atoms. The zero-order chi connectivity index (χ0) is 12.3. The summed E-state index contributed by atoms with van der Waals surface area (Å²) in [7, 11) is 0. The van der Waals surface area contributed by atoms with Crippen LogP contribution in [-0.4, -0.2) is 23.0 Å². The van der Waals surface area contributed by atoms with Crippen LogP contribution in [-0.2, 0) is 0 Å². The Morgan fingerprint density at radius 3 is 2.35 bits per heavy atom. The molecule has 1 aliphatic carbocycles. The fraction of sp³-hybridized carbons (Fsp3) is 0.786. The van der Waals surface area contributed by atoms with Crippen LogP contribution in [0.4, 0.5) is 4.79 Å². The van der Waals surface area contributed by atoms with Crippen LogP contribution in [0.1, 0.15) is 58.8 Å². The van der Waals surface area contributed by atoms with Gasteiger partial charge in [0, 0.05) is 18.3 Å². The van der Waals surface area contributed by atoms with Crippen molar-refractivity contribution in [2.24, 2.45) is 0 Å². The normalized spacial score (nSPS) is 29.3. The van der Waals surface area contributed by atoms with Crippen LogP contribution in [0.3, 0.4) is 0 Å². The Morgan fingerprint density at radius 1 is 1.18 bits per heavy atom. The molecule has 0 radical (unpaired) electrons. The van der Waals surface area contributed by atoms with Crippen LogP contribution in [0.2, 0.25) is 0 Å². The molecule has 0 aromatic rings. The van der Waals surface area contributed by atoms with Crippen molar-refractivity contribution in [3.63, 3.8) is 0 Å². The van der Waals surface area contributed by atoms with E-state index in [2.05, 4.69) is 19.2 Å². The fourth-order valence-corrected chi connectivity index (χ4v) is 3.03. The van der Waals surface area contributed by atoms with E-state index in [1.165, 1.54) is 24.8 Å². The number of nitrogens with one attached hydrogen (secondary N) is 1. The van der Waals surface area contributed by atoms with E-state index in [9.17, 15) is 4.79 Å². The van der Waals surface area contributed by atoms with E-state index in [-0.39, 0.29) is 6.03 Å². The first-order valence-corrected chi connectivity index (χ1v) is 6.95. The summed E-state index contributed by atoms with van der Waals surface area (Å²) in [6, 6.07) is 0.838. The molecule has 0 aromatic heterocycles. The lowest BCUT2D eigenvalue weighted by Crippen LogP contribution is -2.50. The molecule has 2 fully saturated rings. The topological polar surface area (TPSA) is 32.3 Å². The third-order valence-corrected chi connectivity index (χ3v) is 4.07. The second-order valence-corrected chi connectivity index (χ2v) is 5.50. The second-order valence-electron chi connectivity index (χ2n) is 5.50. The minimum absolute atomic E-state index is 0.0871. The highest BCUT2D eigenvalue weighted by molar-refractivity contribution is 5.76. The number of urea groups is 1. The van der Waals surface area contributed by atoms with Gasteiger partial charge in [0.25, 0.3) is 0 Å². The number of hydrogen-bond acceptors (Lipinski definition) is 1.